The zero-order valence-electron chi connectivity index (χ0n) is 5.82. The highest BCUT2D eigenvalue weighted by Crippen LogP contribution is 2.33. The van der Waals surface area contributed by atoms with Gasteiger partial charge in [-0.2, -0.15) is 8.78 Å². The van der Waals surface area contributed by atoms with E-state index >= 15 is 0 Å². The molecular weight excluding hydrogens is 166 g/mol. The largest absolute Gasteiger partial charge is 0.382 e. The Hall–Kier alpha value is -0.360. The van der Waals surface area contributed by atoms with E-state index in [-0.39, 0.29) is 0 Å². The van der Waals surface area contributed by atoms with Crippen LogP contribution in [0.5, 0.6) is 0 Å². The maximum Gasteiger partial charge on any atom is 0.336 e. The molecule has 0 heterocycles. The Kier molecular flexibility index (Phi) is 2.85. The van der Waals surface area contributed by atoms with Gasteiger partial charge in [0.15, 0.2) is 0 Å². The number of alkyl halides is 4. The van der Waals surface area contributed by atoms with Crippen LogP contribution in [0.4, 0.5) is 17.6 Å². The van der Waals surface area contributed by atoms with E-state index in [0.29, 0.717) is 6.92 Å². The summed E-state index contributed by atoms with van der Waals surface area (Å²) in [6.07, 6.45) is -3.90. The predicted octanol–water partition coefficient (Wildman–Crippen LogP) is 0.597. The van der Waals surface area contributed by atoms with E-state index in [1.54, 1.807) is 0 Å². The van der Waals surface area contributed by atoms with Crippen molar-refractivity contribution in [3.05, 3.63) is 0 Å². The van der Waals surface area contributed by atoms with Gasteiger partial charge in [0.2, 0.25) is 0 Å². The van der Waals surface area contributed by atoms with Crippen LogP contribution < -0.4 is 5.73 Å². The number of aliphatic hydroxyl groups is 1. The van der Waals surface area contributed by atoms with Crippen molar-refractivity contribution in [1.29, 1.82) is 0 Å². The number of hydrogen-bond donors (Lipinski definition) is 2. The van der Waals surface area contributed by atoms with Crippen molar-refractivity contribution in [3.8, 4) is 0 Å². The summed E-state index contributed by atoms with van der Waals surface area (Å²) in [5.41, 5.74) is 1.82. The molecule has 0 saturated heterocycles. The fourth-order valence-electron chi connectivity index (χ4n) is 0.371. The highest BCUT2D eigenvalue weighted by atomic mass is 19.3. The van der Waals surface area contributed by atoms with Gasteiger partial charge in [0, 0.05) is 6.54 Å². The second-order valence-electron chi connectivity index (χ2n) is 2.40. The quantitative estimate of drug-likeness (QED) is 0.617. The molecule has 0 aromatic rings. The van der Waals surface area contributed by atoms with Gasteiger partial charge in [-0.25, -0.2) is 8.78 Å². The minimum Gasteiger partial charge on any atom is -0.382 e. The van der Waals surface area contributed by atoms with Gasteiger partial charge >= 0.3 is 12.3 Å². The Balaban J connectivity index is 4.53. The zero-order valence-corrected chi connectivity index (χ0v) is 5.82. The number of hydrogen-bond acceptors (Lipinski definition) is 2. The Morgan fingerprint density at radius 1 is 1.45 bits per heavy atom. The van der Waals surface area contributed by atoms with Crippen LogP contribution in [-0.4, -0.2) is 29.6 Å². The van der Waals surface area contributed by atoms with Crippen molar-refractivity contribution < 1.29 is 22.7 Å². The molecule has 0 radical (unpaired) electrons. The van der Waals surface area contributed by atoms with Crippen LogP contribution in [0, 0.1) is 0 Å². The van der Waals surface area contributed by atoms with Crippen molar-refractivity contribution in [1.82, 2.24) is 0 Å². The molecule has 0 rings (SSSR count). The van der Waals surface area contributed by atoms with Gasteiger partial charge in [-0.1, -0.05) is 0 Å². The minimum atomic E-state index is -4.46. The average Bonchev–Trinajstić information content (AvgIpc) is 1.87. The van der Waals surface area contributed by atoms with Gasteiger partial charge in [0.25, 0.3) is 0 Å². The molecule has 0 aliphatic carbocycles. The monoisotopic (exact) mass is 175 g/mol. The lowest BCUT2D eigenvalue weighted by atomic mass is 9.99. The Morgan fingerprint density at radius 2 is 1.82 bits per heavy atom. The van der Waals surface area contributed by atoms with Crippen molar-refractivity contribution in [2.75, 3.05) is 6.54 Å². The standard InChI is InChI=1S/C5H9F4NO/c1-4(11,2-10)5(8,9)3(6)7/h3,11H,2,10H2,1H3. The summed E-state index contributed by atoms with van der Waals surface area (Å²) in [4.78, 5) is 0. The van der Waals surface area contributed by atoms with Crippen molar-refractivity contribution in [3.63, 3.8) is 0 Å². The van der Waals surface area contributed by atoms with Crippen LogP contribution in [0.1, 0.15) is 6.92 Å². The first-order chi connectivity index (χ1) is 4.75. The fraction of sp³-hybridized carbons (Fsp3) is 1.00. The van der Waals surface area contributed by atoms with E-state index in [1.165, 1.54) is 0 Å². The molecule has 0 fully saturated rings. The summed E-state index contributed by atoms with van der Waals surface area (Å²) in [7, 11) is 0. The summed E-state index contributed by atoms with van der Waals surface area (Å²) < 4.78 is 47.5. The van der Waals surface area contributed by atoms with E-state index in [1.807, 2.05) is 0 Å². The molecule has 0 spiro atoms. The topological polar surface area (TPSA) is 46.2 Å². The Bertz CT molecular complexity index is 136. The van der Waals surface area contributed by atoms with Crippen LogP contribution in [0.15, 0.2) is 0 Å². The van der Waals surface area contributed by atoms with Crippen molar-refractivity contribution >= 4 is 0 Å². The SMILES string of the molecule is CC(O)(CN)C(F)(F)C(F)F. The lowest BCUT2D eigenvalue weighted by Crippen LogP contribution is -2.55. The first-order valence-electron chi connectivity index (χ1n) is 2.84. The predicted molar refractivity (Wildman–Crippen MR) is 30.6 cm³/mol. The second kappa shape index (κ2) is 2.94. The highest BCUT2D eigenvalue weighted by Gasteiger charge is 2.55. The molecular formula is C5H9F4NO. The van der Waals surface area contributed by atoms with Crippen LogP contribution in [0.25, 0.3) is 0 Å². The summed E-state index contributed by atoms with van der Waals surface area (Å²) >= 11 is 0. The molecule has 68 valence electrons. The summed E-state index contributed by atoms with van der Waals surface area (Å²) in [6, 6.07) is 0. The van der Waals surface area contributed by atoms with Crippen molar-refractivity contribution in [2.45, 2.75) is 24.9 Å². The van der Waals surface area contributed by atoms with Crippen LogP contribution in [-0.2, 0) is 0 Å². The third-order valence-corrected chi connectivity index (χ3v) is 1.39. The molecule has 1 atom stereocenters. The second-order valence-corrected chi connectivity index (χ2v) is 2.40. The normalized spacial score (nSPS) is 18.5. The highest BCUT2D eigenvalue weighted by molar-refractivity contribution is 4.91. The minimum absolute atomic E-state index is 0.569. The molecule has 0 aliphatic heterocycles. The summed E-state index contributed by atoms with van der Waals surface area (Å²) in [5, 5.41) is 8.67. The van der Waals surface area contributed by atoms with Gasteiger partial charge < -0.3 is 10.8 Å². The molecule has 1 unspecified atom stereocenters. The van der Waals surface area contributed by atoms with E-state index in [0.717, 1.165) is 0 Å². The summed E-state index contributed by atoms with van der Waals surface area (Å²) in [5.74, 6) is -4.46. The zero-order chi connectivity index (χ0) is 9.28. The first-order valence-corrected chi connectivity index (χ1v) is 2.84. The van der Waals surface area contributed by atoms with Gasteiger partial charge in [-0.05, 0) is 6.92 Å². The molecule has 6 heteroatoms. The van der Waals surface area contributed by atoms with Gasteiger partial charge in [-0.3, -0.25) is 0 Å². The number of nitrogens with two attached hydrogens (primary N) is 1. The molecule has 0 amide bonds. The third-order valence-electron chi connectivity index (χ3n) is 1.39. The van der Waals surface area contributed by atoms with Gasteiger partial charge in [0.05, 0.1) is 0 Å². The van der Waals surface area contributed by atoms with Crippen LogP contribution >= 0.6 is 0 Å². The first kappa shape index (κ1) is 10.6. The molecule has 0 aliphatic rings. The molecule has 0 saturated carbocycles. The lowest BCUT2D eigenvalue weighted by molar-refractivity contribution is -0.231. The van der Waals surface area contributed by atoms with Gasteiger partial charge in [-0.15, -0.1) is 0 Å². The maximum atomic E-state index is 12.2. The van der Waals surface area contributed by atoms with E-state index in [9.17, 15) is 17.6 Å². The Labute approximate surface area is 61.0 Å². The lowest BCUT2D eigenvalue weighted by Gasteiger charge is -2.30. The fourth-order valence-corrected chi connectivity index (χ4v) is 0.371. The molecule has 11 heavy (non-hydrogen) atoms. The number of rotatable bonds is 3. The van der Waals surface area contributed by atoms with Crippen LogP contribution in [0.3, 0.4) is 0 Å². The summed E-state index contributed by atoms with van der Waals surface area (Å²) in [6.45, 7) is -0.344. The Morgan fingerprint density at radius 3 is 1.91 bits per heavy atom. The maximum absolute atomic E-state index is 12.2. The van der Waals surface area contributed by atoms with E-state index in [2.05, 4.69) is 5.73 Å². The van der Waals surface area contributed by atoms with Gasteiger partial charge in [0.1, 0.15) is 5.60 Å². The number of halogens is 4. The van der Waals surface area contributed by atoms with Crippen molar-refractivity contribution in [2.24, 2.45) is 5.73 Å². The van der Waals surface area contributed by atoms with E-state index < -0.39 is 24.5 Å². The third kappa shape index (κ3) is 1.81. The molecule has 3 N–H and O–H groups in total. The molecule has 0 aromatic carbocycles. The molecule has 0 bridgehead atoms. The molecule has 2 nitrogen and oxygen atoms in total. The van der Waals surface area contributed by atoms with Crippen LogP contribution in [0.2, 0.25) is 0 Å². The van der Waals surface area contributed by atoms with E-state index in [4.69, 9.17) is 5.11 Å². The average molecular weight is 175 g/mol. The molecule has 0 aromatic heterocycles. The smallest absolute Gasteiger partial charge is 0.336 e.